The summed E-state index contributed by atoms with van der Waals surface area (Å²) >= 11 is 3.44. The summed E-state index contributed by atoms with van der Waals surface area (Å²) < 4.78 is 0. The molecule has 4 heteroatoms. The molecule has 0 radical (unpaired) electrons. The van der Waals surface area contributed by atoms with Crippen molar-refractivity contribution in [1.29, 1.82) is 0 Å². The second-order valence-corrected chi connectivity index (χ2v) is 5.42. The van der Waals surface area contributed by atoms with Crippen LogP contribution in [0.5, 0.6) is 0 Å². The summed E-state index contributed by atoms with van der Waals surface area (Å²) in [6, 6.07) is 9.52. The third-order valence-electron chi connectivity index (χ3n) is 3.35. The van der Waals surface area contributed by atoms with Crippen LogP contribution in [-0.2, 0) is 0 Å². The van der Waals surface area contributed by atoms with Crippen LogP contribution in [0.4, 0.5) is 0 Å². The molecule has 100 valence electrons. The molecule has 1 N–H and O–H groups in total. The Hall–Kier alpha value is -1.42. The van der Waals surface area contributed by atoms with Gasteiger partial charge in [-0.3, -0.25) is 9.78 Å². The maximum Gasteiger partial charge on any atom is 0.252 e. The van der Waals surface area contributed by atoms with Crippen LogP contribution in [0.3, 0.4) is 0 Å². The lowest BCUT2D eigenvalue weighted by atomic mass is 10.0. The monoisotopic (exact) mass is 320 g/mol. The number of carbonyl (C=O) groups excluding carboxylic acids is 1. The van der Waals surface area contributed by atoms with Crippen LogP contribution >= 0.6 is 15.9 Å². The number of hydrogen-bond donors (Lipinski definition) is 1. The van der Waals surface area contributed by atoms with Crippen LogP contribution in [0.15, 0.2) is 36.5 Å². The number of halogens is 1. The Morgan fingerprint density at radius 1 is 1.32 bits per heavy atom. The second kappa shape index (κ2) is 6.15. The van der Waals surface area contributed by atoms with E-state index in [4.69, 9.17) is 0 Å². The van der Waals surface area contributed by atoms with Crippen molar-refractivity contribution in [2.24, 2.45) is 5.92 Å². The van der Waals surface area contributed by atoms with E-state index in [1.165, 1.54) is 0 Å². The Morgan fingerprint density at radius 3 is 2.84 bits per heavy atom. The Balaban J connectivity index is 2.27. The number of aromatic nitrogens is 1. The quantitative estimate of drug-likeness (QED) is 0.877. The maximum atomic E-state index is 12.3. The SMILES string of the molecule is CC(CBr)C(C)NC(=O)c1cccc2ncccc12. The molecule has 1 heterocycles. The highest BCUT2D eigenvalue weighted by Crippen LogP contribution is 2.17. The van der Waals surface area contributed by atoms with Crippen molar-refractivity contribution in [1.82, 2.24) is 10.3 Å². The fraction of sp³-hybridized carbons (Fsp3) is 0.333. The summed E-state index contributed by atoms with van der Waals surface area (Å²) in [5, 5.41) is 4.80. The standard InChI is InChI=1S/C15H17BrN2O/c1-10(9-16)11(2)18-15(19)13-5-3-7-14-12(13)6-4-8-17-14/h3-8,10-11H,9H2,1-2H3,(H,18,19). The Labute approximate surface area is 121 Å². The van der Waals surface area contributed by atoms with Gasteiger partial charge in [0.05, 0.1) is 5.52 Å². The molecule has 3 nitrogen and oxygen atoms in total. The van der Waals surface area contributed by atoms with Crippen molar-refractivity contribution in [2.75, 3.05) is 5.33 Å². The maximum absolute atomic E-state index is 12.3. The highest BCUT2D eigenvalue weighted by molar-refractivity contribution is 9.09. The van der Waals surface area contributed by atoms with Gasteiger partial charge in [-0.25, -0.2) is 0 Å². The first-order valence-electron chi connectivity index (χ1n) is 6.34. The van der Waals surface area contributed by atoms with Gasteiger partial charge >= 0.3 is 0 Å². The first-order valence-corrected chi connectivity index (χ1v) is 7.46. The molecule has 0 fully saturated rings. The van der Waals surface area contributed by atoms with Gasteiger partial charge in [-0.15, -0.1) is 0 Å². The number of nitrogens with zero attached hydrogens (tertiary/aromatic N) is 1. The van der Waals surface area contributed by atoms with E-state index in [1.54, 1.807) is 6.20 Å². The van der Waals surface area contributed by atoms with Crippen LogP contribution in [0.25, 0.3) is 10.9 Å². The molecule has 0 saturated carbocycles. The fourth-order valence-corrected chi connectivity index (χ4v) is 2.42. The van der Waals surface area contributed by atoms with Crippen LogP contribution in [0.1, 0.15) is 24.2 Å². The molecule has 2 unspecified atom stereocenters. The van der Waals surface area contributed by atoms with Crippen LogP contribution in [-0.4, -0.2) is 22.3 Å². The van der Waals surface area contributed by atoms with Gasteiger partial charge in [-0.2, -0.15) is 0 Å². The number of alkyl halides is 1. The van der Waals surface area contributed by atoms with E-state index in [1.807, 2.05) is 37.3 Å². The highest BCUT2D eigenvalue weighted by Gasteiger charge is 2.16. The van der Waals surface area contributed by atoms with Gasteiger partial charge in [-0.05, 0) is 31.0 Å². The van der Waals surface area contributed by atoms with E-state index >= 15 is 0 Å². The van der Waals surface area contributed by atoms with Crippen molar-refractivity contribution in [3.63, 3.8) is 0 Å². The molecule has 19 heavy (non-hydrogen) atoms. The van der Waals surface area contributed by atoms with Crippen molar-refractivity contribution in [2.45, 2.75) is 19.9 Å². The second-order valence-electron chi connectivity index (χ2n) is 4.77. The molecule has 1 amide bonds. The summed E-state index contributed by atoms with van der Waals surface area (Å²) in [5.74, 6) is 0.343. The van der Waals surface area contributed by atoms with Crippen LogP contribution in [0, 0.1) is 5.92 Å². The van der Waals surface area contributed by atoms with E-state index in [9.17, 15) is 4.79 Å². The third-order valence-corrected chi connectivity index (χ3v) is 4.37. The predicted molar refractivity (Wildman–Crippen MR) is 81.6 cm³/mol. The molecule has 0 saturated heterocycles. The van der Waals surface area contributed by atoms with Gasteiger partial charge < -0.3 is 5.32 Å². The Kier molecular flexibility index (Phi) is 4.53. The van der Waals surface area contributed by atoms with Crippen molar-refractivity contribution in [3.05, 3.63) is 42.1 Å². The minimum atomic E-state index is -0.0427. The zero-order valence-electron chi connectivity index (χ0n) is 11.1. The average Bonchev–Trinajstić information content (AvgIpc) is 2.45. The lowest BCUT2D eigenvalue weighted by Gasteiger charge is -2.19. The van der Waals surface area contributed by atoms with Crippen molar-refractivity contribution in [3.8, 4) is 0 Å². The Bertz CT molecular complexity index is 580. The average molecular weight is 321 g/mol. The minimum Gasteiger partial charge on any atom is -0.349 e. The third kappa shape index (κ3) is 3.13. The van der Waals surface area contributed by atoms with E-state index in [0.717, 1.165) is 16.2 Å². The van der Waals surface area contributed by atoms with Gasteiger partial charge in [0.15, 0.2) is 0 Å². The van der Waals surface area contributed by atoms with Gasteiger partial charge in [0.25, 0.3) is 5.91 Å². The number of benzene rings is 1. The highest BCUT2D eigenvalue weighted by atomic mass is 79.9. The molecule has 1 aromatic heterocycles. The zero-order chi connectivity index (χ0) is 13.8. The number of fused-ring (bicyclic) bond motifs is 1. The van der Waals surface area contributed by atoms with E-state index in [2.05, 4.69) is 33.2 Å². The molecule has 0 bridgehead atoms. The summed E-state index contributed by atoms with van der Waals surface area (Å²) in [5.41, 5.74) is 1.52. The van der Waals surface area contributed by atoms with Gasteiger partial charge in [0.1, 0.15) is 0 Å². The summed E-state index contributed by atoms with van der Waals surface area (Å²) in [4.78, 5) is 16.6. The summed E-state index contributed by atoms with van der Waals surface area (Å²) in [7, 11) is 0. The Morgan fingerprint density at radius 2 is 2.11 bits per heavy atom. The fourth-order valence-electron chi connectivity index (χ4n) is 1.86. The molecule has 2 rings (SSSR count). The van der Waals surface area contributed by atoms with Gasteiger partial charge in [0.2, 0.25) is 0 Å². The van der Waals surface area contributed by atoms with Crippen LogP contribution < -0.4 is 5.32 Å². The first kappa shape index (κ1) is 14.0. The van der Waals surface area contributed by atoms with Crippen LogP contribution in [0.2, 0.25) is 0 Å². The van der Waals surface area contributed by atoms with E-state index in [-0.39, 0.29) is 11.9 Å². The van der Waals surface area contributed by atoms with Gasteiger partial charge in [0, 0.05) is 28.5 Å². The first-order chi connectivity index (χ1) is 9.13. The summed E-state index contributed by atoms with van der Waals surface area (Å²) in [6.45, 7) is 4.12. The van der Waals surface area contributed by atoms with E-state index in [0.29, 0.717) is 11.5 Å². The number of carbonyl (C=O) groups is 1. The molecule has 1 aromatic carbocycles. The molecule has 2 aromatic rings. The lowest BCUT2D eigenvalue weighted by molar-refractivity contribution is 0.0933. The normalized spacial score (nSPS) is 14.1. The molecule has 0 spiro atoms. The molecule has 2 atom stereocenters. The van der Waals surface area contributed by atoms with Crippen molar-refractivity contribution >= 4 is 32.7 Å². The molecule has 0 aliphatic rings. The number of rotatable bonds is 4. The molecule has 0 aliphatic heterocycles. The van der Waals surface area contributed by atoms with Crippen molar-refractivity contribution < 1.29 is 4.79 Å². The number of hydrogen-bond acceptors (Lipinski definition) is 2. The predicted octanol–water partition coefficient (Wildman–Crippen LogP) is 3.38. The number of nitrogens with one attached hydrogen (secondary N) is 1. The number of pyridine rings is 1. The topological polar surface area (TPSA) is 42.0 Å². The molecular weight excluding hydrogens is 304 g/mol. The van der Waals surface area contributed by atoms with Gasteiger partial charge in [-0.1, -0.05) is 35.0 Å². The number of amides is 1. The molecule has 0 aliphatic carbocycles. The molecular formula is C15H17BrN2O. The smallest absolute Gasteiger partial charge is 0.252 e. The lowest BCUT2D eigenvalue weighted by Crippen LogP contribution is -2.37. The largest absolute Gasteiger partial charge is 0.349 e. The van der Waals surface area contributed by atoms with E-state index < -0.39 is 0 Å². The zero-order valence-corrected chi connectivity index (χ0v) is 12.6. The summed E-state index contributed by atoms with van der Waals surface area (Å²) in [6.07, 6.45) is 1.74. The minimum absolute atomic E-state index is 0.0427.